The lowest BCUT2D eigenvalue weighted by molar-refractivity contribution is -0.120. The molecule has 0 fully saturated rings. The molecule has 0 spiro atoms. The number of amides is 3. The normalized spacial score (nSPS) is 13.3. The highest BCUT2D eigenvalue weighted by Gasteiger charge is 2.29. The van der Waals surface area contributed by atoms with Gasteiger partial charge in [0.05, 0.1) is 10.8 Å². The number of carbonyl (C=O) groups excluding carboxylic acids is 2. The van der Waals surface area contributed by atoms with Gasteiger partial charge in [-0.25, -0.2) is 9.48 Å². The Bertz CT molecular complexity index is 493. The van der Waals surface area contributed by atoms with E-state index in [1.807, 2.05) is 34.6 Å². The molecule has 0 bridgehead atoms. The third kappa shape index (κ3) is 4.19. The highest BCUT2D eigenvalue weighted by atomic mass is 32.2. The lowest BCUT2D eigenvalue weighted by atomic mass is 10.1. The quantitative estimate of drug-likeness (QED) is 0.792. The van der Waals surface area contributed by atoms with Gasteiger partial charge < -0.3 is 5.73 Å². The molecule has 1 heterocycles. The van der Waals surface area contributed by atoms with Gasteiger partial charge in [-0.3, -0.25) is 10.1 Å². The Labute approximate surface area is 121 Å². The number of rotatable bonds is 4. The molecule has 3 amide bonds. The van der Waals surface area contributed by atoms with E-state index in [9.17, 15) is 9.59 Å². The first kappa shape index (κ1) is 16.4. The minimum absolute atomic E-state index is 0.00975. The third-order valence-corrected chi connectivity index (χ3v) is 3.90. The van der Waals surface area contributed by atoms with Crippen LogP contribution in [0.5, 0.6) is 0 Å². The number of urea groups is 1. The highest BCUT2D eigenvalue weighted by Crippen LogP contribution is 2.29. The van der Waals surface area contributed by atoms with Gasteiger partial charge in [0.25, 0.3) is 0 Å². The molecule has 20 heavy (non-hydrogen) atoms. The number of hydrogen-bond acceptors (Lipinski definition) is 6. The SMILES string of the molecule is CC(C)C(Sc1nnnn1C(C)(C)C)C(=O)NC(N)=O. The van der Waals surface area contributed by atoms with Gasteiger partial charge in [-0.05, 0) is 37.1 Å². The van der Waals surface area contributed by atoms with E-state index in [1.54, 1.807) is 4.68 Å². The van der Waals surface area contributed by atoms with Crippen molar-refractivity contribution < 1.29 is 9.59 Å². The summed E-state index contributed by atoms with van der Waals surface area (Å²) in [6.45, 7) is 9.64. The fourth-order valence-electron chi connectivity index (χ4n) is 1.47. The molecule has 1 unspecified atom stereocenters. The van der Waals surface area contributed by atoms with E-state index in [1.165, 1.54) is 11.8 Å². The summed E-state index contributed by atoms with van der Waals surface area (Å²) in [7, 11) is 0. The van der Waals surface area contributed by atoms with Crippen LogP contribution >= 0.6 is 11.8 Å². The number of hydrogen-bond donors (Lipinski definition) is 2. The number of nitrogens with one attached hydrogen (secondary N) is 1. The number of nitrogens with two attached hydrogens (primary N) is 1. The lowest BCUT2D eigenvalue weighted by Gasteiger charge is -2.22. The second-order valence-corrected chi connectivity index (χ2v) is 6.79. The van der Waals surface area contributed by atoms with Crippen LogP contribution in [0.2, 0.25) is 0 Å². The second kappa shape index (κ2) is 6.21. The van der Waals surface area contributed by atoms with Crippen molar-refractivity contribution in [2.45, 2.75) is 50.6 Å². The van der Waals surface area contributed by atoms with Gasteiger partial charge in [0, 0.05) is 0 Å². The van der Waals surface area contributed by atoms with Crippen molar-refractivity contribution in [3.8, 4) is 0 Å². The number of carbonyl (C=O) groups is 2. The van der Waals surface area contributed by atoms with Gasteiger partial charge in [-0.2, -0.15) is 0 Å². The number of tetrazole rings is 1. The summed E-state index contributed by atoms with van der Waals surface area (Å²) >= 11 is 1.21. The Morgan fingerprint density at radius 3 is 2.40 bits per heavy atom. The van der Waals surface area contributed by atoms with Gasteiger partial charge >= 0.3 is 6.03 Å². The Morgan fingerprint density at radius 2 is 1.95 bits per heavy atom. The van der Waals surface area contributed by atoms with E-state index < -0.39 is 17.2 Å². The van der Waals surface area contributed by atoms with E-state index in [0.717, 1.165) is 0 Å². The van der Waals surface area contributed by atoms with Crippen molar-refractivity contribution in [1.82, 2.24) is 25.5 Å². The van der Waals surface area contributed by atoms with E-state index in [-0.39, 0.29) is 11.5 Å². The first-order chi connectivity index (χ1) is 9.12. The van der Waals surface area contributed by atoms with Gasteiger partial charge in [0.2, 0.25) is 11.1 Å². The van der Waals surface area contributed by atoms with Crippen LogP contribution in [0, 0.1) is 5.92 Å². The average molecular weight is 300 g/mol. The van der Waals surface area contributed by atoms with Crippen molar-refractivity contribution in [2.75, 3.05) is 0 Å². The van der Waals surface area contributed by atoms with Crippen LogP contribution in [0.25, 0.3) is 0 Å². The van der Waals surface area contributed by atoms with Crippen LogP contribution in [0.4, 0.5) is 4.79 Å². The van der Waals surface area contributed by atoms with Gasteiger partial charge in [-0.15, -0.1) is 5.10 Å². The van der Waals surface area contributed by atoms with Crippen LogP contribution in [0.1, 0.15) is 34.6 Å². The molecule has 9 heteroatoms. The minimum Gasteiger partial charge on any atom is -0.351 e. The second-order valence-electron chi connectivity index (χ2n) is 5.68. The summed E-state index contributed by atoms with van der Waals surface area (Å²) in [6, 6.07) is -0.864. The van der Waals surface area contributed by atoms with Crippen molar-refractivity contribution in [3.05, 3.63) is 0 Å². The molecule has 1 rings (SSSR count). The van der Waals surface area contributed by atoms with E-state index in [4.69, 9.17) is 5.73 Å². The maximum Gasteiger partial charge on any atom is 0.318 e. The summed E-state index contributed by atoms with van der Waals surface area (Å²) in [4.78, 5) is 22.8. The lowest BCUT2D eigenvalue weighted by Crippen LogP contribution is -2.42. The largest absolute Gasteiger partial charge is 0.351 e. The van der Waals surface area contributed by atoms with Crippen molar-refractivity contribution in [2.24, 2.45) is 11.7 Å². The predicted molar refractivity (Wildman–Crippen MR) is 75.0 cm³/mol. The molecular formula is C11H20N6O2S. The van der Waals surface area contributed by atoms with E-state index >= 15 is 0 Å². The summed E-state index contributed by atoms with van der Waals surface area (Å²) in [5.41, 5.74) is 4.68. The van der Waals surface area contributed by atoms with Crippen LogP contribution in [-0.2, 0) is 10.3 Å². The van der Waals surface area contributed by atoms with Crippen molar-refractivity contribution >= 4 is 23.7 Å². The molecule has 3 N–H and O–H groups in total. The number of nitrogens with zero attached hydrogens (tertiary/aromatic N) is 4. The fraction of sp³-hybridized carbons (Fsp3) is 0.727. The molecule has 8 nitrogen and oxygen atoms in total. The predicted octanol–water partition coefficient (Wildman–Crippen LogP) is 0.740. The average Bonchev–Trinajstić information content (AvgIpc) is 2.71. The molecule has 0 radical (unpaired) electrons. The van der Waals surface area contributed by atoms with Crippen LogP contribution in [0.15, 0.2) is 5.16 Å². The third-order valence-electron chi connectivity index (χ3n) is 2.42. The first-order valence-corrected chi connectivity index (χ1v) is 7.06. The number of thioether (sulfide) groups is 1. The number of aromatic nitrogens is 4. The zero-order valence-electron chi connectivity index (χ0n) is 12.2. The van der Waals surface area contributed by atoms with E-state index in [0.29, 0.717) is 5.16 Å². The zero-order chi connectivity index (χ0) is 15.5. The molecular weight excluding hydrogens is 280 g/mol. The van der Waals surface area contributed by atoms with Crippen LogP contribution < -0.4 is 11.1 Å². The van der Waals surface area contributed by atoms with Gasteiger partial charge in [-0.1, -0.05) is 25.6 Å². The Kier molecular flexibility index (Phi) is 5.09. The maximum atomic E-state index is 12.0. The summed E-state index contributed by atoms with van der Waals surface area (Å²) < 4.78 is 1.64. The summed E-state index contributed by atoms with van der Waals surface area (Å²) in [5, 5.41) is 13.6. The van der Waals surface area contributed by atoms with Crippen molar-refractivity contribution in [3.63, 3.8) is 0 Å². The van der Waals surface area contributed by atoms with Gasteiger partial charge in [0.1, 0.15) is 0 Å². The fourth-order valence-corrected chi connectivity index (χ4v) is 2.63. The highest BCUT2D eigenvalue weighted by molar-refractivity contribution is 8.00. The monoisotopic (exact) mass is 300 g/mol. The summed E-state index contributed by atoms with van der Waals surface area (Å²) in [5.74, 6) is -0.453. The van der Waals surface area contributed by atoms with Crippen LogP contribution in [0.3, 0.4) is 0 Å². The molecule has 0 aliphatic rings. The standard InChI is InChI=1S/C11H20N6O2S/c1-6(2)7(8(18)13-9(12)19)20-10-14-15-16-17(10)11(3,4)5/h6-7H,1-5H3,(H3,12,13,18,19). The van der Waals surface area contributed by atoms with Crippen LogP contribution in [-0.4, -0.2) is 37.4 Å². The Balaban J connectivity index is 2.95. The molecule has 0 aliphatic heterocycles. The molecule has 1 aromatic rings. The molecule has 112 valence electrons. The minimum atomic E-state index is -0.864. The topological polar surface area (TPSA) is 116 Å². The molecule has 0 aromatic carbocycles. The zero-order valence-corrected chi connectivity index (χ0v) is 13.1. The van der Waals surface area contributed by atoms with Crippen molar-refractivity contribution in [1.29, 1.82) is 0 Å². The molecule has 1 aromatic heterocycles. The maximum absolute atomic E-state index is 12.0. The molecule has 0 saturated carbocycles. The molecule has 0 saturated heterocycles. The van der Waals surface area contributed by atoms with E-state index in [2.05, 4.69) is 20.8 Å². The van der Waals surface area contributed by atoms with Gasteiger partial charge in [0.15, 0.2) is 0 Å². The first-order valence-electron chi connectivity index (χ1n) is 6.18. The summed E-state index contributed by atoms with van der Waals surface area (Å²) in [6.07, 6.45) is 0. The molecule has 1 atom stereocenters. The Morgan fingerprint density at radius 1 is 1.35 bits per heavy atom. The Hall–Kier alpha value is -1.64. The smallest absolute Gasteiger partial charge is 0.318 e. The number of primary amides is 1. The number of imide groups is 1. The molecule has 0 aliphatic carbocycles.